The van der Waals surface area contributed by atoms with Crippen LogP contribution in [0.15, 0.2) is 18.2 Å². The molecule has 0 spiro atoms. The van der Waals surface area contributed by atoms with Crippen molar-refractivity contribution in [1.29, 1.82) is 5.26 Å². The molecule has 0 bridgehead atoms. The molecule has 0 amide bonds. The molecule has 0 radical (unpaired) electrons. The van der Waals surface area contributed by atoms with Gasteiger partial charge in [-0.25, -0.2) is 4.98 Å². The maximum absolute atomic E-state index is 9.28. The molecule has 1 aliphatic carbocycles. The summed E-state index contributed by atoms with van der Waals surface area (Å²) in [4.78, 5) is 4.69. The van der Waals surface area contributed by atoms with Crippen molar-refractivity contribution in [2.24, 2.45) is 0 Å². The fraction of sp³-hybridized carbons (Fsp3) is 0.500. The third-order valence-corrected chi connectivity index (χ3v) is 4.47. The number of benzene rings is 1. The second kappa shape index (κ2) is 6.05. The first-order valence-corrected chi connectivity index (χ1v) is 7.82. The number of rotatable bonds is 4. The van der Waals surface area contributed by atoms with Crippen LogP contribution in [-0.2, 0) is 11.2 Å². The van der Waals surface area contributed by atoms with E-state index in [1.54, 1.807) is 7.11 Å². The molecule has 0 aliphatic heterocycles. The summed E-state index contributed by atoms with van der Waals surface area (Å²) in [5, 5.41) is 9.28. The largest absolute Gasteiger partial charge is 0.379 e. The van der Waals surface area contributed by atoms with Gasteiger partial charge in [-0.1, -0.05) is 6.07 Å². The number of hydrogen-bond donors (Lipinski definition) is 0. The molecule has 0 saturated heterocycles. The Bertz CT molecular complexity index is 689. The van der Waals surface area contributed by atoms with E-state index in [0.717, 1.165) is 36.1 Å². The van der Waals surface area contributed by atoms with E-state index in [2.05, 4.69) is 15.6 Å². The summed E-state index contributed by atoms with van der Waals surface area (Å²) in [6.07, 6.45) is 4.21. The van der Waals surface area contributed by atoms with Crippen LogP contribution in [0.3, 0.4) is 0 Å². The molecule has 3 rings (SSSR count). The van der Waals surface area contributed by atoms with Gasteiger partial charge in [-0.3, -0.25) is 0 Å². The Hall–Kier alpha value is -1.57. The summed E-state index contributed by atoms with van der Waals surface area (Å²) in [6, 6.07) is 8.28. The number of halogens is 1. The molecule has 21 heavy (non-hydrogen) atoms. The van der Waals surface area contributed by atoms with Crippen molar-refractivity contribution in [3.8, 4) is 6.07 Å². The van der Waals surface area contributed by atoms with Gasteiger partial charge in [0.05, 0.1) is 23.2 Å². The summed E-state index contributed by atoms with van der Waals surface area (Å²) in [6.45, 7) is 0. The maximum atomic E-state index is 9.28. The zero-order chi connectivity index (χ0) is 14.8. The molecular formula is C16H18ClN3O. The third kappa shape index (κ3) is 2.41. The zero-order valence-corrected chi connectivity index (χ0v) is 12.8. The van der Waals surface area contributed by atoms with Gasteiger partial charge >= 0.3 is 0 Å². The molecule has 2 aromatic rings. The molecule has 5 heteroatoms. The Kier molecular flexibility index (Phi) is 4.14. The number of methoxy groups -OCH3 is 1. The predicted molar refractivity (Wildman–Crippen MR) is 82.6 cm³/mol. The fourth-order valence-electron chi connectivity index (χ4n) is 3.36. The lowest BCUT2D eigenvalue weighted by atomic mass is 10.1. The number of fused-ring (bicyclic) bond motifs is 1. The molecule has 1 saturated carbocycles. The number of aromatic nitrogens is 2. The number of ether oxygens (including phenoxy) is 1. The molecule has 1 heterocycles. The van der Waals surface area contributed by atoms with Crippen molar-refractivity contribution in [2.45, 2.75) is 37.8 Å². The number of aryl methyl sites for hydroxylation is 1. The first-order chi connectivity index (χ1) is 10.3. The Morgan fingerprint density at radius 2 is 2.33 bits per heavy atom. The van der Waals surface area contributed by atoms with E-state index in [-0.39, 0.29) is 12.1 Å². The Morgan fingerprint density at radius 1 is 1.48 bits per heavy atom. The quantitative estimate of drug-likeness (QED) is 0.813. The van der Waals surface area contributed by atoms with Gasteiger partial charge < -0.3 is 9.30 Å². The van der Waals surface area contributed by atoms with Crippen LogP contribution >= 0.6 is 11.6 Å². The van der Waals surface area contributed by atoms with Crippen LogP contribution in [0.2, 0.25) is 0 Å². The van der Waals surface area contributed by atoms with Crippen LogP contribution in [0, 0.1) is 11.3 Å². The SMILES string of the molecule is COC1CCCC1n1c(CCCl)nc2c(C#N)cccc21. The van der Waals surface area contributed by atoms with Crippen molar-refractivity contribution in [3.63, 3.8) is 0 Å². The summed E-state index contributed by atoms with van der Waals surface area (Å²) in [5.41, 5.74) is 2.42. The van der Waals surface area contributed by atoms with Crippen LogP contribution in [0.1, 0.15) is 36.7 Å². The van der Waals surface area contributed by atoms with Gasteiger partial charge in [-0.05, 0) is 31.4 Å². The second-order valence-electron chi connectivity index (χ2n) is 5.39. The number of nitrogens with zero attached hydrogens (tertiary/aromatic N) is 3. The molecule has 2 atom stereocenters. The normalized spacial score (nSPS) is 21.8. The molecule has 1 fully saturated rings. The smallest absolute Gasteiger partial charge is 0.111 e. The lowest BCUT2D eigenvalue weighted by molar-refractivity contribution is 0.0753. The van der Waals surface area contributed by atoms with Crippen LogP contribution in [0.5, 0.6) is 0 Å². The minimum absolute atomic E-state index is 0.210. The maximum Gasteiger partial charge on any atom is 0.111 e. The summed E-state index contributed by atoms with van der Waals surface area (Å²) < 4.78 is 7.89. The van der Waals surface area contributed by atoms with E-state index in [4.69, 9.17) is 16.3 Å². The zero-order valence-electron chi connectivity index (χ0n) is 12.1. The molecule has 0 N–H and O–H groups in total. The van der Waals surface area contributed by atoms with E-state index >= 15 is 0 Å². The van der Waals surface area contributed by atoms with Crippen LogP contribution < -0.4 is 0 Å². The van der Waals surface area contributed by atoms with E-state index in [0.29, 0.717) is 17.9 Å². The highest BCUT2D eigenvalue weighted by Crippen LogP contribution is 2.36. The van der Waals surface area contributed by atoms with Gasteiger partial charge in [0.1, 0.15) is 17.4 Å². The Labute approximate surface area is 129 Å². The second-order valence-corrected chi connectivity index (χ2v) is 5.77. The number of imidazole rings is 1. The van der Waals surface area contributed by atoms with Crippen LogP contribution in [0.25, 0.3) is 11.0 Å². The average Bonchev–Trinajstić information content (AvgIpc) is 3.10. The Balaban J connectivity index is 2.19. The number of para-hydroxylation sites is 1. The van der Waals surface area contributed by atoms with E-state index in [1.165, 1.54) is 0 Å². The van der Waals surface area contributed by atoms with E-state index in [1.807, 2.05) is 18.2 Å². The fourth-order valence-corrected chi connectivity index (χ4v) is 3.53. The van der Waals surface area contributed by atoms with Crippen molar-refractivity contribution in [2.75, 3.05) is 13.0 Å². The minimum Gasteiger partial charge on any atom is -0.379 e. The monoisotopic (exact) mass is 303 g/mol. The highest BCUT2D eigenvalue weighted by Gasteiger charge is 2.31. The molecule has 4 nitrogen and oxygen atoms in total. The summed E-state index contributed by atoms with van der Waals surface area (Å²) in [5.74, 6) is 1.48. The molecule has 1 aliphatic rings. The van der Waals surface area contributed by atoms with Crippen molar-refractivity contribution >= 4 is 22.6 Å². The van der Waals surface area contributed by atoms with Gasteiger partial charge in [-0.2, -0.15) is 5.26 Å². The molecular weight excluding hydrogens is 286 g/mol. The molecule has 1 aromatic carbocycles. The summed E-state index contributed by atoms with van der Waals surface area (Å²) in [7, 11) is 1.77. The van der Waals surface area contributed by atoms with Crippen molar-refractivity contribution in [1.82, 2.24) is 9.55 Å². The highest BCUT2D eigenvalue weighted by atomic mass is 35.5. The molecule has 110 valence electrons. The number of alkyl halides is 1. The lowest BCUT2D eigenvalue weighted by Gasteiger charge is -2.22. The van der Waals surface area contributed by atoms with Crippen molar-refractivity contribution in [3.05, 3.63) is 29.6 Å². The first kappa shape index (κ1) is 14.4. The highest BCUT2D eigenvalue weighted by molar-refractivity contribution is 6.17. The van der Waals surface area contributed by atoms with Crippen molar-refractivity contribution < 1.29 is 4.74 Å². The third-order valence-electron chi connectivity index (χ3n) is 4.28. The standard InChI is InChI=1S/C16H18ClN3O/c1-21-14-7-3-5-12(14)20-13-6-2-4-11(10-18)16(13)19-15(20)8-9-17/h2,4,6,12,14H,3,5,7-9H2,1H3. The van der Waals surface area contributed by atoms with Gasteiger partial charge in [0.2, 0.25) is 0 Å². The van der Waals surface area contributed by atoms with Gasteiger partial charge in [0.25, 0.3) is 0 Å². The number of hydrogen-bond acceptors (Lipinski definition) is 3. The minimum atomic E-state index is 0.210. The van der Waals surface area contributed by atoms with Crippen LogP contribution in [-0.4, -0.2) is 28.6 Å². The number of nitriles is 1. The van der Waals surface area contributed by atoms with Gasteiger partial charge in [0, 0.05) is 19.4 Å². The van der Waals surface area contributed by atoms with E-state index < -0.39 is 0 Å². The topological polar surface area (TPSA) is 50.8 Å². The Morgan fingerprint density at radius 3 is 3.05 bits per heavy atom. The van der Waals surface area contributed by atoms with Crippen LogP contribution in [0.4, 0.5) is 0 Å². The van der Waals surface area contributed by atoms with E-state index in [9.17, 15) is 5.26 Å². The lowest BCUT2D eigenvalue weighted by Crippen LogP contribution is -2.22. The van der Waals surface area contributed by atoms with Gasteiger partial charge in [0.15, 0.2) is 0 Å². The molecule has 1 aromatic heterocycles. The predicted octanol–water partition coefficient (Wildman–Crippen LogP) is 3.43. The first-order valence-electron chi connectivity index (χ1n) is 7.28. The molecule has 2 unspecified atom stereocenters. The van der Waals surface area contributed by atoms with Gasteiger partial charge in [-0.15, -0.1) is 11.6 Å². The summed E-state index contributed by atoms with van der Waals surface area (Å²) >= 11 is 5.94. The average molecular weight is 304 g/mol.